The molecule has 0 saturated carbocycles. The van der Waals surface area contributed by atoms with Crippen molar-refractivity contribution in [3.05, 3.63) is 53.0 Å². The van der Waals surface area contributed by atoms with Crippen LogP contribution in [-0.4, -0.2) is 59.9 Å². The zero-order chi connectivity index (χ0) is 17.9. The van der Waals surface area contributed by atoms with Gasteiger partial charge >= 0.3 is 5.69 Å². The molecule has 134 valence electrons. The Bertz CT molecular complexity index is 921. The van der Waals surface area contributed by atoms with E-state index in [1.165, 1.54) is 6.20 Å². The van der Waals surface area contributed by atoms with Crippen LogP contribution in [0.5, 0.6) is 5.88 Å². The Kier molecular flexibility index (Phi) is 4.22. The molecule has 26 heavy (non-hydrogen) atoms. The molecule has 10 nitrogen and oxygen atoms in total. The average molecular weight is 355 g/mol. The van der Waals surface area contributed by atoms with Crippen molar-refractivity contribution in [2.24, 2.45) is 0 Å². The number of imidazole rings is 1. The Labute approximate surface area is 147 Å². The molecule has 0 aliphatic carbocycles. The van der Waals surface area contributed by atoms with Crippen molar-refractivity contribution in [2.75, 3.05) is 13.1 Å². The van der Waals surface area contributed by atoms with Crippen molar-refractivity contribution in [3.63, 3.8) is 0 Å². The molecular weight excluding hydrogens is 338 g/mol. The number of aromatic amines is 2. The predicted molar refractivity (Wildman–Crippen MR) is 90.1 cm³/mol. The zero-order valence-corrected chi connectivity index (χ0v) is 13.8. The molecular formula is C16H17N7O3. The van der Waals surface area contributed by atoms with E-state index >= 15 is 0 Å². The minimum absolute atomic E-state index is 0.0332. The Morgan fingerprint density at radius 3 is 2.69 bits per heavy atom. The fourth-order valence-corrected chi connectivity index (χ4v) is 2.87. The van der Waals surface area contributed by atoms with Crippen LogP contribution in [0.25, 0.3) is 5.82 Å². The summed E-state index contributed by atoms with van der Waals surface area (Å²) in [6, 6.07) is 5.35. The third kappa shape index (κ3) is 3.34. The van der Waals surface area contributed by atoms with Crippen molar-refractivity contribution in [3.8, 4) is 11.7 Å². The highest BCUT2D eigenvalue weighted by molar-refractivity contribution is 5.92. The van der Waals surface area contributed by atoms with Crippen LogP contribution in [0.4, 0.5) is 0 Å². The summed E-state index contributed by atoms with van der Waals surface area (Å²) in [5.74, 6) is 0.870. The molecule has 10 heteroatoms. The molecule has 0 aromatic carbocycles. The van der Waals surface area contributed by atoms with Crippen molar-refractivity contribution in [1.82, 2.24) is 34.8 Å². The van der Waals surface area contributed by atoms with E-state index in [4.69, 9.17) is 4.74 Å². The number of carbonyl (C=O) groups excluding carboxylic acids is 1. The lowest BCUT2D eigenvalue weighted by molar-refractivity contribution is 0.0581. The van der Waals surface area contributed by atoms with Crippen molar-refractivity contribution in [1.29, 1.82) is 0 Å². The number of nitrogens with one attached hydrogen (secondary N) is 2. The molecule has 0 radical (unpaired) electrons. The molecule has 3 aromatic heterocycles. The second kappa shape index (κ2) is 6.82. The number of likely N-dealkylation sites (tertiary alicyclic amines) is 1. The standard InChI is InChI=1S/C16H17N7O3/c24-15(12-10-17-16(25)19-12)22-8-4-11(5-9-22)26-14-3-2-13(20-21-14)23-7-1-6-18-23/h1-3,6-7,10-11H,4-5,8-9H2,(H2,17,19,25). The monoisotopic (exact) mass is 355 g/mol. The van der Waals surface area contributed by atoms with Gasteiger partial charge in [-0.25, -0.2) is 9.48 Å². The van der Waals surface area contributed by atoms with E-state index in [-0.39, 0.29) is 23.4 Å². The molecule has 3 aromatic rings. The van der Waals surface area contributed by atoms with Gasteiger partial charge in [-0.2, -0.15) is 5.10 Å². The number of H-pyrrole nitrogens is 2. The van der Waals surface area contributed by atoms with E-state index in [2.05, 4.69) is 25.3 Å². The zero-order valence-electron chi connectivity index (χ0n) is 13.8. The fraction of sp³-hybridized carbons (Fsp3) is 0.312. The number of piperidine rings is 1. The Balaban J connectivity index is 1.32. The first kappa shape index (κ1) is 16.1. The van der Waals surface area contributed by atoms with Crippen LogP contribution in [-0.2, 0) is 0 Å². The average Bonchev–Trinajstić information content (AvgIpc) is 3.34. The molecule has 4 heterocycles. The number of carbonyl (C=O) groups is 1. The predicted octanol–water partition coefficient (Wildman–Crippen LogP) is 0.362. The van der Waals surface area contributed by atoms with Crippen molar-refractivity contribution < 1.29 is 9.53 Å². The lowest BCUT2D eigenvalue weighted by Gasteiger charge is -2.31. The van der Waals surface area contributed by atoms with E-state index in [9.17, 15) is 9.59 Å². The fourth-order valence-electron chi connectivity index (χ4n) is 2.87. The van der Waals surface area contributed by atoms with Gasteiger partial charge in [0.25, 0.3) is 5.91 Å². The Morgan fingerprint density at radius 2 is 2.08 bits per heavy atom. The van der Waals surface area contributed by atoms with Gasteiger partial charge in [0.1, 0.15) is 11.8 Å². The molecule has 4 rings (SSSR count). The van der Waals surface area contributed by atoms with Gasteiger partial charge in [-0.15, -0.1) is 10.2 Å². The number of aromatic nitrogens is 6. The molecule has 1 amide bonds. The molecule has 1 aliphatic rings. The second-order valence-electron chi connectivity index (χ2n) is 5.95. The van der Waals surface area contributed by atoms with Crippen LogP contribution in [0.15, 0.2) is 41.6 Å². The largest absolute Gasteiger partial charge is 0.473 e. The van der Waals surface area contributed by atoms with E-state index in [0.717, 1.165) is 0 Å². The quantitative estimate of drug-likeness (QED) is 0.697. The first-order valence-electron chi connectivity index (χ1n) is 8.26. The third-order valence-corrected chi connectivity index (χ3v) is 4.21. The van der Waals surface area contributed by atoms with Gasteiger partial charge in [-0.05, 0) is 12.1 Å². The van der Waals surface area contributed by atoms with Crippen LogP contribution < -0.4 is 10.4 Å². The number of rotatable bonds is 4. The molecule has 0 atom stereocenters. The molecule has 0 unspecified atom stereocenters. The maximum absolute atomic E-state index is 12.3. The number of ether oxygens (including phenoxy) is 1. The van der Waals surface area contributed by atoms with E-state index < -0.39 is 0 Å². The minimum Gasteiger partial charge on any atom is -0.473 e. The molecule has 1 fully saturated rings. The summed E-state index contributed by atoms with van der Waals surface area (Å²) in [5.41, 5.74) is -0.113. The summed E-state index contributed by atoms with van der Waals surface area (Å²) >= 11 is 0. The number of amides is 1. The van der Waals surface area contributed by atoms with Gasteiger partial charge in [0.05, 0.1) is 0 Å². The highest BCUT2D eigenvalue weighted by Crippen LogP contribution is 2.18. The lowest BCUT2D eigenvalue weighted by Crippen LogP contribution is -2.42. The Morgan fingerprint density at radius 1 is 1.23 bits per heavy atom. The minimum atomic E-state index is -0.385. The van der Waals surface area contributed by atoms with Crippen LogP contribution in [0, 0.1) is 0 Å². The lowest BCUT2D eigenvalue weighted by atomic mass is 10.1. The Hall–Kier alpha value is -3.43. The normalized spacial score (nSPS) is 15.2. The van der Waals surface area contributed by atoms with Gasteiger partial charge in [0.2, 0.25) is 5.88 Å². The first-order valence-corrected chi connectivity index (χ1v) is 8.26. The molecule has 0 spiro atoms. The second-order valence-corrected chi connectivity index (χ2v) is 5.95. The van der Waals surface area contributed by atoms with Crippen LogP contribution in [0.3, 0.4) is 0 Å². The summed E-state index contributed by atoms with van der Waals surface area (Å²) in [7, 11) is 0. The summed E-state index contributed by atoms with van der Waals surface area (Å²) in [4.78, 5) is 30.0. The SMILES string of the molecule is O=C(c1c[nH]c(=O)[nH]1)N1CCC(Oc2ccc(-n3cccn3)nn2)CC1. The summed E-state index contributed by atoms with van der Waals surface area (Å²) in [5, 5.41) is 12.3. The van der Waals surface area contributed by atoms with Gasteiger partial charge in [-0.1, -0.05) is 0 Å². The van der Waals surface area contributed by atoms with Crippen LogP contribution in [0.1, 0.15) is 23.3 Å². The summed E-state index contributed by atoms with van der Waals surface area (Å²) < 4.78 is 7.48. The number of hydrogen-bond donors (Lipinski definition) is 2. The van der Waals surface area contributed by atoms with E-state index in [1.807, 2.05) is 6.07 Å². The first-order chi connectivity index (χ1) is 12.7. The van der Waals surface area contributed by atoms with Gasteiger partial charge in [0, 0.05) is 50.6 Å². The number of hydrogen-bond acceptors (Lipinski definition) is 6. The summed E-state index contributed by atoms with van der Waals surface area (Å²) in [6.07, 6.45) is 6.18. The van der Waals surface area contributed by atoms with Gasteiger partial charge in [-0.3, -0.25) is 4.79 Å². The smallest absolute Gasteiger partial charge is 0.323 e. The molecule has 0 bridgehead atoms. The maximum Gasteiger partial charge on any atom is 0.323 e. The van der Waals surface area contributed by atoms with Crippen molar-refractivity contribution in [2.45, 2.75) is 18.9 Å². The molecule has 1 aliphatic heterocycles. The third-order valence-electron chi connectivity index (χ3n) is 4.21. The van der Waals surface area contributed by atoms with Crippen molar-refractivity contribution >= 4 is 5.91 Å². The van der Waals surface area contributed by atoms with E-state index in [0.29, 0.717) is 37.6 Å². The van der Waals surface area contributed by atoms with Crippen LogP contribution >= 0.6 is 0 Å². The number of nitrogens with zero attached hydrogens (tertiary/aromatic N) is 5. The molecule has 1 saturated heterocycles. The maximum atomic E-state index is 12.3. The molecule has 2 N–H and O–H groups in total. The highest BCUT2D eigenvalue weighted by atomic mass is 16.5. The van der Waals surface area contributed by atoms with E-state index in [1.54, 1.807) is 34.1 Å². The highest BCUT2D eigenvalue weighted by Gasteiger charge is 2.25. The topological polar surface area (TPSA) is 122 Å². The van der Waals surface area contributed by atoms with Crippen LogP contribution in [0.2, 0.25) is 0 Å². The summed E-state index contributed by atoms with van der Waals surface area (Å²) in [6.45, 7) is 1.10. The van der Waals surface area contributed by atoms with Gasteiger partial charge < -0.3 is 19.6 Å². The van der Waals surface area contributed by atoms with Gasteiger partial charge in [0.15, 0.2) is 5.82 Å².